The van der Waals surface area contributed by atoms with Crippen molar-refractivity contribution in [2.75, 3.05) is 19.8 Å². The summed E-state index contributed by atoms with van der Waals surface area (Å²) in [7, 11) is 0. The van der Waals surface area contributed by atoms with Crippen LogP contribution in [0.25, 0.3) is 10.8 Å². The number of nitrogens with one attached hydrogen (secondary N) is 3. The summed E-state index contributed by atoms with van der Waals surface area (Å²) in [5, 5.41) is 12.3. The molecule has 0 atom stereocenters. The highest BCUT2D eigenvalue weighted by Gasteiger charge is 2.17. The zero-order chi connectivity index (χ0) is 18.9. The maximum Gasteiger partial charge on any atom is 0.309 e. The van der Waals surface area contributed by atoms with Gasteiger partial charge in [0.15, 0.2) is 6.29 Å². The second-order valence-corrected chi connectivity index (χ2v) is 5.28. The summed E-state index contributed by atoms with van der Waals surface area (Å²) in [6.07, 6.45) is -0.605. The van der Waals surface area contributed by atoms with Crippen LogP contribution in [0.1, 0.15) is 19.5 Å². The lowest BCUT2D eigenvalue weighted by molar-refractivity contribution is -0.146. The molecule has 0 saturated heterocycles. The summed E-state index contributed by atoms with van der Waals surface area (Å²) >= 11 is 0. The SMILES string of the molecule is CCOC(CNC(=O)C(=O)NCc1n[nH]c(=O)c2ccccc12)OCC. The van der Waals surface area contributed by atoms with Crippen LogP contribution < -0.4 is 16.2 Å². The van der Waals surface area contributed by atoms with Gasteiger partial charge in [-0.1, -0.05) is 18.2 Å². The molecule has 0 fully saturated rings. The van der Waals surface area contributed by atoms with Gasteiger partial charge < -0.3 is 20.1 Å². The zero-order valence-electron chi connectivity index (χ0n) is 14.7. The van der Waals surface area contributed by atoms with E-state index in [9.17, 15) is 14.4 Å². The fraction of sp³-hybridized carbons (Fsp3) is 0.412. The van der Waals surface area contributed by atoms with E-state index >= 15 is 0 Å². The molecular weight excluding hydrogens is 340 g/mol. The van der Waals surface area contributed by atoms with Gasteiger partial charge in [-0.2, -0.15) is 5.10 Å². The van der Waals surface area contributed by atoms with Crippen LogP contribution >= 0.6 is 0 Å². The molecule has 2 amide bonds. The predicted molar refractivity (Wildman–Crippen MR) is 94.3 cm³/mol. The standard InChI is InChI=1S/C17H22N4O5/c1-3-25-14(26-4-2)10-19-17(24)16(23)18-9-13-11-7-5-6-8-12(11)15(22)21-20-13/h5-8,14H,3-4,9-10H2,1-2H3,(H,18,23)(H,19,24)(H,21,22). The molecule has 0 radical (unpaired) electrons. The first-order chi connectivity index (χ1) is 12.6. The smallest absolute Gasteiger partial charge is 0.309 e. The maximum atomic E-state index is 11.9. The van der Waals surface area contributed by atoms with Crippen molar-refractivity contribution in [3.05, 3.63) is 40.3 Å². The molecule has 3 N–H and O–H groups in total. The van der Waals surface area contributed by atoms with E-state index in [2.05, 4.69) is 20.8 Å². The quantitative estimate of drug-likeness (QED) is 0.451. The van der Waals surface area contributed by atoms with E-state index in [1.54, 1.807) is 24.3 Å². The van der Waals surface area contributed by atoms with E-state index in [4.69, 9.17) is 9.47 Å². The van der Waals surface area contributed by atoms with E-state index in [-0.39, 0.29) is 18.6 Å². The third-order valence-corrected chi connectivity index (χ3v) is 3.53. The molecule has 0 bridgehead atoms. The summed E-state index contributed by atoms with van der Waals surface area (Å²) in [6, 6.07) is 6.90. The molecule has 0 aliphatic rings. The number of carbonyl (C=O) groups excluding carboxylic acids is 2. The van der Waals surface area contributed by atoms with Crippen molar-refractivity contribution >= 4 is 22.6 Å². The lowest BCUT2D eigenvalue weighted by Crippen LogP contribution is -2.43. The van der Waals surface area contributed by atoms with E-state index < -0.39 is 18.1 Å². The van der Waals surface area contributed by atoms with Crippen molar-refractivity contribution in [1.82, 2.24) is 20.8 Å². The average molecular weight is 362 g/mol. The summed E-state index contributed by atoms with van der Waals surface area (Å²) in [5.41, 5.74) is 0.147. The molecular formula is C17H22N4O5. The van der Waals surface area contributed by atoms with E-state index in [1.807, 2.05) is 13.8 Å². The summed E-state index contributed by atoms with van der Waals surface area (Å²) in [5.74, 6) is -1.61. The Morgan fingerprint density at radius 1 is 1.08 bits per heavy atom. The summed E-state index contributed by atoms with van der Waals surface area (Å²) in [6.45, 7) is 4.54. The summed E-state index contributed by atoms with van der Waals surface area (Å²) in [4.78, 5) is 35.6. The predicted octanol–water partition coefficient (Wildman–Crippen LogP) is 0.0546. The van der Waals surface area contributed by atoms with E-state index in [1.165, 1.54) is 0 Å². The van der Waals surface area contributed by atoms with Crippen LogP contribution in [0.5, 0.6) is 0 Å². The maximum absolute atomic E-state index is 11.9. The summed E-state index contributed by atoms with van der Waals surface area (Å²) < 4.78 is 10.6. The molecule has 9 heteroatoms. The fourth-order valence-corrected chi connectivity index (χ4v) is 2.34. The molecule has 1 heterocycles. The Kier molecular flexibility index (Phi) is 7.24. The molecule has 0 spiro atoms. The Balaban J connectivity index is 1.93. The first kappa shape index (κ1) is 19.5. The molecule has 1 aromatic heterocycles. The second kappa shape index (κ2) is 9.64. The molecule has 140 valence electrons. The largest absolute Gasteiger partial charge is 0.351 e. The van der Waals surface area contributed by atoms with Crippen molar-refractivity contribution in [3.63, 3.8) is 0 Å². The number of H-pyrrole nitrogens is 1. The van der Waals surface area contributed by atoms with Gasteiger partial charge in [0.25, 0.3) is 5.56 Å². The third-order valence-electron chi connectivity index (χ3n) is 3.53. The number of hydrogen-bond acceptors (Lipinski definition) is 6. The van der Waals surface area contributed by atoms with Gasteiger partial charge in [0.2, 0.25) is 0 Å². The van der Waals surface area contributed by atoms with Crippen LogP contribution in [0.3, 0.4) is 0 Å². The van der Waals surface area contributed by atoms with Crippen LogP contribution in [-0.2, 0) is 25.6 Å². The van der Waals surface area contributed by atoms with Gasteiger partial charge in [-0.3, -0.25) is 14.4 Å². The molecule has 0 aliphatic heterocycles. The van der Waals surface area contributed by atoms with Crippen LogP contribution in [0.4, 0.5) is 0 Å². The van der Waals surface area contributed by atoms with E-state index in [0.717, 1.165) is 0 Å². The third kappa shape index (κ3) is 5.11. The van der Waals surface area contributed by atoms with Gasteiger partial charge >= 0.3 is 11.8 Å². The first-order valence-electron chi connectivity index (χ1n) is 8.32. The number of aromatic nitrogens is 2. The number of ether oxygens (including phenoxy) is 2. The van der Waals surface area contributed by atoms with Crippen LogP contribution in [-0.4, -0.2) is 48.1 Å². The second-order valence-electron chi connectivity index (χ2n) is 5.28. The Morgan fingerprint density at radius 3 is 2.35 bits per heavy atom. The Bertz CT molecular complexity index is 814. The van der Waals surface area contributed by atoms with Crippen molar-refractivity contribution in [3.8, 4) is 0 Å². The number of rotatable bonds is 8. The van der Waals surface area contributed by atoms with Crippen molar-refractivity contribution in [2.45, 2.75) is 26.7 Å². The lowest BCUT2D eigenvalue weighted by atomic mass is 10.1. The van der Waals surface area contributed by atoms with Crippen molar-refractivity contribution in [1.29, 1.82) is 0 Å². The molecule has 2 aromatic rings. The number of fused-ring (bicyclic) bond motifs is 1. The van der Waals surface area contributed by atoms with Gasteiger partial charge in [0.1, 0.15) is 0 Å². The van der Waals surface area contributed by atoms with Gasteiger partial charge in [-0.05, 0) is 19.9 Å². The topological polar surface area (TPSA) is 122 Å². The lowest BCUT2D eigenvalue weighted by Gasteiger charge is -2.17. The minimum absolute atomic E-state index is 0.00386. The van der Waals surface area contributed by atoms with Crippen molar-refractivity contribution in [2.24, 2.45) is 0 Å². The van der Waals surface area contributed by atoms with Crippen LogP contribution in [0.2, 0.25) is 0 Å². The molecule has 26 heavy (non-hydrogen) atoms. The Labute approximate surface area is 150 Å². The molecule has 2 rings (SSSR count). The Hall–Kier alpha value is -2.78. The molecule has 0 saturated carbocycles. The van der Waals surface area contributed by atoms with Crippen LogP contribution in [0.15, 0.2) is 29.1 Å². The first-order valence-corrected chi connectivity index (χ1v) is 8.32. The number of benzene rings is 1. The fourth-order valence-electron chi connectivity index (χ4n) is 2.34. The van der Waals surface area contributed by atoms with Gasteiger partial charge in [0, 0.05) is 18.6 Å². The monoisotopic (exact) mass is 362 g/mol. The van der Waals surface area contributed by atoms with Crippen LogP contribution in [0, 0.1) is 0 Å². The van der Waals surface area contributed by atoms with Gasteiger partial charge in [-0.15, -0.1) is 0 Å². The minimum Gasteiger partial charge on any atom is -0.351 e. The zero-order valence-corrected chi connectivity index (χ0v) is 14.7. The normalized spacial score (nSPS) is 10.9. The highest BCUT2D eigenvalue weighted by molar-refractivity contribution is 6.35. The average Bonchev–Trinajstić information content (AvgIpc) is 2.65. The molecule has 1 aromatic carbocycles. The van der Waals surface area contributed by atoms with Gasteiger partial charge in [-0.25, -0.2) is 5.10 Å². The van der Waals surface area contributed by atoms with E-state index in [0.29, 0.717) is 29.7 Å². The molecule has 9 nitrogen and oxygen atoms in total. The Morgan fingerprint density at radius 2 is 1.69 bits per heavy atom. The van der Waals surface area contributed by atoms with Crippen molar-refractivity contribution < 1.29 is 19.1 Å². The highest BCUT2D eigenvalue weighted by atomic mass is 16.7. The number of aromatic amines is 1. The van der Waals surface area contributed by atoms with Gasteiger partial charge in [0.05, 0.1) is 24.2 Å². The number of hydrogen-bond donors (Lipinski definition) is 3. The molecule has 0 unspecified atom stereocenters. The number of carbonyl (C=O) groups is 2. The number of nitrogens with zero attached hydrogens (tertiary/aromatic N) is 1. The highest BCUT2D eigenvalue weighted by Crippen LogP contribution is 2.11. The molecule has 0 aliphatic carbocycles. The minimum atomic E-state index is -0.811. The number of amides is 2.